The van der Waals surface area contributed by atoms with Crippen LogP contribution in [0, 0.1) is 0 Å². The number of carbonyl (C=O) groups is 1. The third kappa shape index (κ3) is 3.20. The predicted octanol–water partition coefficient (Wildman–Crippen LogP) is 2.78. The molecule has 0 saturated carbocycles. The molecule has 6 heteroatoms. The van der Waals surface area contributed by atoms with Crippen LogP contribution < -0.4 is 5.32 Å². The molecule has 1 aromatic rings. The summed E-state index contributed by atoms with van der Waals surface area (Å²) in [5.41, 5.74) is 1.81. The van der Waals surface area contributed by atoms with E-state index >= 15 is 0 Å². The number of rotatable bonds is 2. The van der Waals surface area contributed by atoms with Gasteiger partial charge in [-0.2, -0.15) is 5.10 Å². The van der Waals surface area contributed by atoms with Gasteiger partial charge in [-0.3, -0.25) is 4.79 Å². The maximum Gasteiger partial charge on any atom is 0.239 e. The van der Waals surface area contributed by atoms with Gasteiger partial charge in [0.25, 0.3) is 0 Å². The standard InChI is InChI=1S/C12H12BrN3OS/c1-7(9-3-5-10(13)6-4-9)15-16-12-14-11(17)8(2)18-12/h3-6,8H,1-2H3,(H,14,16,17). The lowest BCUT2D eigenvalue weighted by Crippen LogP contribution is -2.23. The van der Waals surface area contributed by atoms with Crippen molar-refractivity contribution in [2.24, 2.45) is 10.2 Å². The predicted molar refractivity (Wildman–Crippen MR) is 79.0 cm³/mol. The fraction of sp³-hybridized carbons (Fsp3) is 0.250. The minimum atomic E-state index is -0.0908. The average Bonchev–Trinajstić information content (AvgIpc) is 2.67. The molecule has 0 aliphatic carbocycles. The van der Waals surface area contributed by atoms with E-state index in [9.17, 15) is 4.79 Å². The van der Waals surface area contributed by atoms with Crippen LogP contribution in [0.5, 0.6) is 0 Å². The number of amidine groups is 1. The Morgan fingerprint density at radius 3 is 2.61 bits per heavy atom. The normalized spacial score (nSPS) is 22.4. The number of nitrogens with one attached hydrogen (secondary N) is 1. The summed E-state index contributed by atoms with van der Waals surface area (Å²) in [7, 11) is 0. The molecule has 2 rings (SSSR count). The van der Waals surface area contributed by atoms with Crippen molar-refractivity contribution < 1.29 is 4.79 Å². The van der Waals surface area contributed by atoms with Gasteiger partial charge >= 0.3 is 0 Å². The molecule has 4 nitrogen and oxygen atoms in total. The van der Waals surface area contributed by atoms with E-state index < -0.39 is 0 Å². The Labute approximate surface area is 118 Å². The topological polar surface area (TPSA) is 53.8 Å². The van der Waals surface area contributed by atoms with Crippen molar-refractivity contribution >= 4 is 44.5 Å². The maximum absolute atomic E-state index is 11.3. The molecular weight excluding hydrogens is 314 g/mol. The SMILES string of the molecule is CC(=NN=C1NC(=O)C(C)S1)c1ccc(Br)cc1. The van der Waals surface area contributed by atoms with Crippen LogP contribution in [0.25, 0.3) is 0 Å². The molecule has 0 aromatic heterocycles. The van der Waals surface area contributed by atoms with E-state index in [4.69, 9.17) is 0 Å². The molecule has 0 bridgehead atoms. The lowest BCUT2D eigenvalue weighted by atomic mass is 10.1. The van der Waals surface area contributed by atoms with Crippen molar-refractivity contribution in [1.29, 1.82) is 0 Å². The molecule has 1 heterocycles. The molecule has 1 aliphatic heterocycles. The first kappa shape index (κ1) is 13.3. The summed E-state index contributed by atoms with van der Waals surface area (Å²) in [6.45, 7) is 3.73. The summed E-state index contributed by atoms with van der Waals surface area (Å²) >= 11 is 4.77. The van der Waals surface area contributed by atoms with Crippen molar-refractivity contribution in [3.8, 4) is 0 Å². The van der Waals surface area contributed by atoms with Gasteiger partial charge in [-0.1, -0.05) is 39.8 Å². The molecule has 1 aromatic carbocycles. The van der Waals surface area contributed by atoms with Gasteiger partial charge in [-0.25, -0.2) is 0 Å². The van der Waals surface area contributed by atoms with Crippen LogP contribution in [0.2, 0.25) is 0 Å². The summed E-state index contributed by atoms with van der Waals surface area (Å²) in [6.07, 6.45) is 0. The van der Waals surface area contributed by atoms with E-state index in [0.717, 1.165) is 15.7 Å². The van der Waals surface area contributed by atoms with E-state index in [1.807, 2.05) is 38.1 Å². The van der Waals surface area contributed by atoms with Gasteiger partial charge in [-0.15, -0.1) is 5.10 Å². The molecule has 1 atom stereocenters. The van der Waals surface area contributed by atoms with Gasteiger partial charge in [0.15, 0.2) is 5.17 Å². The highest BCUT2D eigenvalue weighted by Gasteiger charge is 2.25. The van der Waals surface area contributed by atoms with Crippen LogP contribution in [0.15, 0.2) is 38.9 Å². The summed E-state index contributed by atoms with van der Waals surface area (Å²) in [5, 5.41) is 11.3. The highest BCUT2D eigenvalue weighted by Crippen LogP contribution is 2.18. The zero-order valence-electron chi connectivity index (χ0n) is 9.98. The maximum atomic E-state index is 11.3. The van der Waals surface area contributed by atoms with Crippen molar-refractivity contribution in [1.82, 2.24) is 5.32 Å². The quantitative estimate of drug-likeness (QED) is 0.671. The number of benzene rings is 1. The zero-order chi connectivity index (χ0) is 13.1. The smallest absolute Gasteiger partial charge is 0.239 e. The second-order valence-corrected chi connectivity index (χ2v) is 6.09. The number of nitrogens with zero attached hydrogens (tertiary/aromatic N) is 2. The van der Waals surface area contributed by atoms with Gasteiger partial charge in [0.2, 0.25) is 5.91 Å². The molecular formula is C12H12BrN3OS. The Bertz CT molecular complexity index is 525. The lowest BCUT2D eigenvalue weighted by Gasteiger charge is -1.98. The Balaban J connectivity index is 2.12. The fourth-order valence-electron chi connectivity index (χ4n) is 1.38. The number of halogens is 1. The Morgan fingerprint density at radius 1 is 1.39 bits per heavy atom. The molecule has 1 fully saturated rings. The monoisotopic (exact) mass is 325 g/mol. The minimum absolute atomic E-state index is 0.0183. The number of carbonyl (C=O) groups excluding carboxylic acids is 1. The Hall–Kier alpha value is -1.14. The highest BCUT2D eigenvalue weighted by atomic mass is 79.9. The van der Waals surface area contributed by atoms with E-state index in [-0.39, 0.29) is 11.2 Å². The fourth-order valence-corrected chi connectivity index (χ4v) is 2.39. The molecule has 18 heavy (non-hydrogen) atoms. The minimum Gasteiger partial charge on any atom is -0.303 e. The van der Waals surface area contributed by atoms with Gasteiger partial charge < -0.3 is 5.32 Å². The third-order valence-corrected chi connectivity index (χ3v) is 3.94. The van der Waals surface area contributed by atoms with Gasteiger partial charge in [-0.05, 0) is 31.5 Å². The first-order valence-electron chi connectivity index (χ1n) is 5.42. The third-order valence-electron chi connectivity index (χ3n) is 2.44. The molecule has 1 aliphatic rings. The first-order chi connectivity index (χ1) is 8.56. The molecule has 0 radical (unpaired) electrons. The summed E-state index contributed by atoms with van der Waals surface area (Å²) < 4.78 is 1.03. The average molecular weight is 326 g/mol. The second kappa shape index (κ2) is 5.67. The zero-order valence-corrected chi connectivity index (χ0v) is 12.4. The number of hydrogen-bond acceptors (Lipinski definition) is 4. The van der Waals surface area contributed by atoms with Crippen molar-refractivity contribution in [2.75, 3.05) is 0 Å². The second-order valence-electron chi connectivity index (χ2n) is 3.85. The van der Waals surface area contributed by atoms with Crippen molar-refractivity contribution in [3.63, 3.8) is 0 Å². The van der Waals surface area contributed by atoms with Crippen LogP contribution in [-0.2, 0) is 4.79 Å². The first-order valence-corrected chi connectivity index (χ1v) is 7.09. The summed E-state index contributed by atoms with van der Waals surface area (Å²) in [6, 6.07) is 7.84. The molecule has 1 saturated heterocycles. The van der Waals surface area contributed by atoms with Crippen LogP contribution in [-0.4, -0.2) is 22.0 Å². The lowest BCUT2D eigenvalue weighted by molar-refractivity contribution is -0.118. The highest BCUT2D eigenvalue weighted by molar-refractivity contribution is 9.10. The van der Waals surface area contributed by atoms with Crippen LogP contribution in [0.4, 0.5) is 0 Å². The van der Waals surface area contributed by atoms with Gasteiger partial charge in [0.05, 0.1) is 11.0 Å². The molecule has 94 valence electrons. The summed E-state index contributed by atoms with van der Waals surface area (Å²) in [5.74, 6) is -0.0183. The van der Waals surface area contributed by atoms with E-state index in [0.29, 0.717) is 5.17 Å². The van der Waals surface area contributed by atoms with E-state index in [1.54, 1.807) is 0 Å². The number of amides is 1. The van der Waals surface area contributed by atoms with E-state index in [1.165, 1.54) is 11.8 Å². The summed E-state index contributed by atoms with van der Waals surface area (Å²) in [4.78, 5) is 11.3. The van der Waals surface area contributed by atoms with Gasteiger partial charge in [0, 0.05) is 4.47 Å². The van der Waals surface area contributed by atoms with Crippen molar-refractivity contribution in [2.45, 2.75) is 19.1 Å². The van der Waals surface area contributed by atoms with Crippen LogP contribution in [0.3, 0.4) is 0 Å². The number of hydrogen-bond donors (Lipinski definition) is 1. The van der Waals surface area contributed by atoms with Crippen LogP contribution >= 0.6 is 27.7 Å². The Morgan fingerprint density at radius 2 is 2.06 bits per heavy atom. The molecule has 0 spiro atoms. The Kier molecular flexibility index (Phi) is 4.19. The number of thioether (sulfide) groups is 1. The van der Waals surface area contributed by atoms with E-state index in [2.05, 4.69) is 31.4 Å². The van der Waals surface area contributed by atoms with Crippen molar-refractivity contribution in [3.05, 3.63) is 34.3 Å². The van der Waals surface area contributed by atoms with Gasteiger partial charge in [0.1, 0.15) is 0 Å². The largest absolute Gasteiger partial charge is 0.303 e. The molecule has 1 amide bonds. The molecule has 1 unspecified atom stereocenters. The van der Waals surface area contributed by atoms with Crippen LogP contribution in [0.1, 0.15) is 19.4 Å². The molecule has 1 N–H and O–H groups in total.